The van der Waals surface area contributed by atoms with Crippen molar-refractivity contribution in [3.63, 3.8) is 0 Å². The fourth-order valence-corrected chi connectivity index (χ4v) is 5.49. The molecule has 2 amide bonds. The zero-order chi connectivity index (χ0) is 26.6. The summed E-state index contributed by atoms with van der Waals surface area (Å²) in [7, 11) is 0. The molecule has 3 fully saturated rings. The average Bonchev–Trinajstić information content (AvgIpc) is 3.51. The molecule has 5 atom stereocenters. The lowest BCUT2D eigenvalue weighted by Crippen LogP contribution is -2.56. The van der Waals surface area contributed by atoms with Gasteiger partial charge in [0.05, 0.1) is 35.3 Å². The first kappa shape index (κ1) is 26.2. The standard InChI is InChI=1S/C23H25F6N5O2/c1-12(13-5-14(22(24,25)26)7-15(6-13)23(27,28)29)34-17-8-19(21(34)36)32(10-17)11-18(31)20(35)33-4-2-3-16(33)9-30/h5-7,12,16-19H,2-4,8,10-11,31H2,1H3/t12-,16+,17+,18+,19-/m1/s1. The summed E-state index contributed by atoms with van der Waals surface area (Å²) < 4.78 is 79.7. The summed E-state index contributed by atoms with van der Waals surface area (Å²) in [6.07, 6.45) is -8.37. The molecule has 3 aliphatic rings. The van der Waals surface area contributed by atoms with Crippen LogP contribution in [0.5, 0.6) is 0 Å². The van der Waals surface area contributed by atoms with Gasteiger partial charge in [0.15, 0.2) is 0 Å². The Morgan fingerprint density at radius 1 is 1.17 bits per heavy atom. The highest BCUT2D eigenvalue weighted by molar-refractivity contribution is 5.87. The number of hydrogen-bond acceptors (Lipinski definition) is 5. The van der Waals surface area contributed by atoms with Gasteiger partial charge in [-0.2, -0.15) is 31.6 Å². The normalized spacial score (nSPS) is 26.4. The number of alkyl halides is 6. The fraction of sp³-hybridized carbons (Fsp3) is 0.609. The van der Waals surface area contributed by atoms with Gasteiger partial charge in [-0.1, -0.05) is 0 Å². The Bertz CT molecular complexity index is 1050. The topological polar surface area (TPSA) is 93.7 Å². The highest BCUT2D eigenvalue weighted by Gasteiger charge is 2.52. The number of piperazine rings is 1. The number of nitrogens with two attached hydrogens (primary N) is 1. The maximum atomic E-state index is 13.3. The molecule has 0 radical (unpaired) electrons. The van der Waals surface area contributed by atoms with Crippen LogP contribution in [0.3, 0.4) is 0 Å². The Balaban J connectivity index is 1.49. The molecule has 3 saturated heterocycles. The molecule has 196 valence electrons. The number of nitrogens with zero attached hydrogens (tertiary/aromatic N) is 4. The summed E-state index contributed by atoms with van der Waals surface area (Å²) in [6.45, 7) is 2.18. The number of carbonyl (C=O) groups excluding carboxylic acids is 2. The zero-order valence-corrected chi connectivity index (χ0v) is 19.3. The van der Waals surface area contributed by atoms with Crippen molar-refractivity contribution < 1.29 is 35.9 Å². The molecule has 2 N–H and O–H groups in total. The third-order valence-corrected chi connectivity index (χ3v) is 7.26. The number of likely N-dealkylation sites (tertiary alicyclic amines) is 3. The van der Waals surface area contributed by atoms with Crippen LogP contribution in [0.4, 0.5) is 26.3 Å². The third-order valence-electron chi connectivity index (χ3n) is 7.26. The van der Waals surface area contributed by atoms with Gasteiger partial charge in [0.2, 0.25) is 11.8 Å². The maximum absolute atomic E-state index is 13.3. The molecule has 0 spiro atoms. The molecule has 13 heteroatoms. The van der Waals surface area contributed by atoms with Gasteiger partial charge in [-0.3, -0.25) is 14.5 Å². The first-order valence-electron chi connectivity index (χ1n) is 11.5. The van der Waals surface area contributed by atoms with Gasteiger partial charge in [-0.05, 0) is 49.9 Å². The molecule has 0 aliphatic carbocycles. The molecule has 4 rings (SSSR count). The highest BCUT2D eigenvalue weighted by Crippen LogP contribution is 2.42. The molecule has 36 heavy (non-hydrogen) atoms. The minimum Gasteiger partial charge on any atom is -0.330 e. The Hall–Kier alpha value is -2.85. The second kappa shape index (κ2) is 9.23. The average molecular weight is 517 g/mol. The summed E-state index contributed by atoms with van der Waals surface area (Å²) in [6, 6.07) is -0.208. The molecule has 2 bridgehead atoms. The number of rotatable bonds is 5. The molecular weight excluding hydrogens is 492 g/mol. The third kappa shape index (κ3) is 4.76. The van der Waals surface area contributed by atoms with E-state index in [1.807, 2.05) is 0 Å². The molecule has 1 aromatic carbocycles. The van der Waals surface area contributed by atoms with Gasteiger partial charge in [-0.15, -0.1) is 0 Å². The molecule has 0 aromatic heterocycles. The fourth-order valence-electron chi connectivity index (χ4n) is 5.49. The second-order valence-electron chi connectivity index (χ2n) is 9.55. The van der Waals surface area contributed by atoms with Crippen LogP contribution in [-0.2, 0) is 21.9 Å². The highest BCUT2D eigenvalue weighted by atomic mass is 19.4. The number of benzene rings is 1. The van der Waals surface area contributed by atoms with E-state index in [1.54, 1.807) is 4.90 Å². The molecule has 7 nitrogen and oxygen atoms in total. The number of amides is 2. The lowest BCUT2D eigenvalue weighted by Gasteiger charge is -2.38. The first-order valence-corrected chi connectivity index (χ1v) is 11.5. The maximum Gasteiger partial charge on any atom is 0.416 e. The second-order valence-corrected chi connectivity index (χ2v) is 9.55. The van der Waals surface area contributed by atoms with Crippen LogP contribution in [-0.4, -0.2) is 70.3 Å². The Morgan fingerprint density at radius 3 is 2.31 bits per heavy atom. The lowest BCUT2D eigenvalue weighted by atomic mass is 9.98. The van der Waals surface area contributed by atoms with Crippen molar-refractivity contribution in [3.05, 3.63) is 34.9 Å². The van der Waals surface area contributed by atoms with E-state index >= 15 is 0 Å². The van der Waals surface area contributed by atoms with E-state index < -0.39 is 59.6 Å². The summed E-state index contributed by atoms with van der Waals surface area (Å²) >= 11 is 0. The summed E-state index contributed by atoms with van der Waals surface area (Å²) in [4.78, 5) is 30.3. The molecule has 1 aromatic rings. The van der Waals surface area contributed by atoms with Gasteiger partial charge >= 0.3 is 12.4 Å². The lowest BCUT2D eigenvalue weighted by molar-refractivity contribution is -0.143. The van der Waals surface area contributed by atoms with Gasteiger partial charge < -0.3 is 15.5 Å². The van der Waals surface area contributed by atoms with E-state index in [-0.39, 0.29) is 30.6 Å². The predicted octanol–water partition coefficient (Wildman–Crippen LogP) is 2.91. The zero-order valence-electron chi connectivity index (χ0n) is 19.3. The Kier molecular flexibility index (Phi) is 6.72. The molecule has 3 heterocycles. The van der Waals surface area contributed by atoms with Crippen LogP contribution in [0.2, 0.25) is 0 Å². The molecule has 3 aliphatic heterocycles. The van der Waals surface area contributed by atoms with Gasteiger partial charge in [-0.25, -0.2) is 0 Å². The van der Waals surface area contributed by atoms with Crippen LogP contribution in [0.25, 0.3) is 0 Å². The van der Waals surface area contributed by atoms with Crippen LogP contribution in [0.1, 0.15) is 48.9 Å². The van der Waals surface area contributed by atoms with Crippen molar-refractivity contribution >= 4 is 11.8 Å². The van der Waals surface area contributed by atoms with Crippen LogP contribution < -0.4 is 5.73 Å². The summed E-state index contributed by atoms with van der Waals surface area (Å²) in [5.41, 5.74) is 2.97. The van der Waals surface area contributed by atoms with Crippen molar-refractivity contribution in [1.82, 2.24) is 14.7 Å². The molecule has 0 saturated carbocycles. The van der Waals surface area contributed by atoms with Crippen LogP contribution >= 0.6 is 0 Å². The summed E-state index contributed by atoms with van der Waals surface area (Å²) in [5, 5.41) is 9.20. The van der Waals surface area contributed by atoms with Crippen LogP contribution in [0, 0.1) is 11.3 Å². The Labute approximate surface area is 203 Å². The summed E-state index contributed by atoms with van der Waals surface area (Å²) in [5.74, 6) is -0.816. The number of carbonyl (C=O) groups is 2. The van der Waals surface area contributed by atoms with E-state index in [0.29, 0.717) is 37.9 Å². The first-order chi connectivity index (χ1) is 16.7. The van der Waals surface area contributed by atoms with Crippen molar-refractivity contribution in [3.8, 4) is 6.07 Å². The van der Waals surface area contributed by atoms with E-state index in [4.69, 9.17) is 5.73 Å². The van der Waals surface area contributed by atoms with E-state index in [2.05, 4.69) is 6.07 Å². The number of hydrogen-bond donors (Lipinski definition) is 1. The minimum absolute atomic E-state index is 0.0599. The van der Waals surface area contributed by atoms with Crippen molar-refractivity contribution in [2.24, 2.45) is 5.73 Å². The predicted molar refractivity (Wildman–Crippen MR) is 114 cm³/mol. The largest absolute Gasteiger partial charge is 0.416 e. The van der Waals surface area contributed by atoms with Gasteiger partial charge in [0.25, 0.3) is 0 Å². The SMILES string of the molecule is C[C@H](c1cc(C(F)(F)F)cc(C(F)(F)F)c1)N1C(=O)[C@H]2C[C@H]1CN2C[C@H](N)C(=O)N1CCC[C@H]1C#N. The number of fused-ring (bicyclic) bond motifs is 2. The minimum atomic E-state index is -4.98. The van der Waals surface area contributed by atoms with E-state index in [9.17, 15) is 41.2 Å². The van der Waals surface area contributed by atoms with E-state index in [1.165, 1.54) is 16.7 Å². The Morgan fingerprint density at radius 2 is 1.78 bits per heavy atom. The smallest absolute Gasteiger partial charge is 0.330 e. The van der Waals surface area contributed by atoms with Crippen molar-refractivity contribution in [2.75, 3.05) is 19.6 Å². The van der Waals surface area contributed by atoms with Gasteiger partial charge in [0.1, 0.15) is 6.04 Å². The van der Waals surface area contributed by atoms with Gasteiger partial charge in [0, 0.05) is 25.7 Å². The van der Waals surface area contributed by atoms with Crippen molar-refractivity contribution in [2.45, 2.75) is 68.7 Å². The van der Waals surface area contributed by atoms with Crippen molar-refractivity contribution in [1.29, 1.82) is 5.26 Å². The molecule has 0 unspecified atom stereocenters. The number of nitriles is 1. The monoisotopic (exact) mass is 517 g/mol. The van der Waals surface area contributed by atoms with Crippen LogP contribution in [0.15, 0.2) is 18.2 Å². The van der Waals surface area contributed by atoms with E-state index in [0.717, 1.165) is 0 Å². The molecular formula is C23H25F6N5O2. The number of halogens is 6. The quantitative estimate of drug-likeness (QED) is 0.607.